The minimum Gasteiger partial charge on any atom is -0.748 e. The number of benzene rings is 2. The van der Waals surface area contributed by atoms with Gasteiger partial charge < -0.3 is 24.2 Å². The second-order valence-electron chi connectivity index (χ2n) is 6.42. The number of hydrogen-bond acceptors (Lipinski definition) is 8. The smallest absolute Gasteiger partial charge is 0.748 e. The molecular formula is C20H26KNO7S. The fourth-order valence-electron chi connectivity index (χ4n) is 2.81. The van der Waals surface area contributed by atoms with Crippen LogP contribution in [0, 0.1) is 0 Å². The molecule has 2 rings (SSSR count). The molecule has 8 nitrogen and oxygen atoms in total. The van der Waals surface area contributed by atoms with E-state index >= 15 is 0 Å². The Morgan fingerprint density at radius 3 is 1.57 bits per heavy atom. The Morgan fingerprint density at radius 1 is 0.833 bits per heavy atom. The minimum absolute atomic E-state index is 0. The van der Waals surface area contributed by atoms with Crippen molar-refractivity contribution < 1.29 is 84.0 Å². The molecule has 160 valence electrons. The van der Waals surface area contributed by atoms with Crippen molar-refractivity contribution in [2.75, 3.05) is 38.7 Å². The maximum Gasteiger partial charge on any atom is 1.00 e. The zero-order valence-electron chi connectivity index (χ0n) is 17.0. The Hall–Kier alpha value is -0.534. The SMILES string of the molecule is O=S(=O)([O-])CCN(C(CO)COc1ccccc1)C(CO)COc1ccccc1.[K+]. The van der Waals surface area contributed by atoms with Gasteiger partial charge in [-0.05, 0) is 24.3 Å². The molecule has 0 bridgehead atoms. The monoisotopic (exact) mass is 463 g/mol. The van der Waals surface area contributed by atoms with E-state index in [9.17, 15) is 23.2 Å². The maximum absolute atomic E-state index is 11.1. The van der Waals surface area contributed by atoms with Gasteiger partial charge in [-0.15, -0.1) is 0 Å². The number of aliphatic hydroxyl groups is 2. The molecule has 2 unspecified atom stereocenters. The third-order valence-corrected chi connectivity index (χ3v) is 5.01. The van der Waals surface area contributed by atoms with Crippen molar-refractivity contribution in [3.8, 4) is 11.5 Å². The number of hydrogen-bond donors (Lipinski definition) is 2. The first-order valence-electron chi connectivity index (χ1n) is 9.19. The van der Waals surface area contributed by atoms with Crippen molar-refractivity contribution in [1.82, 2.24) is 4.90 Å². The first-order chi connectivity index (χ1) is 13.9. The largest absolute Gasteiger partial charge is 1.00 e. The molecule has 2 atom stereocenters. The summed E-state index contributed by atoms with van der Waals surface area (Å²) in [5.74, 6) is 0.517. The molecular weight excluding hydrogens is 437 g/mol. The van der Waals surface area contributed by atoms with E-state index in [1.807, 2.05) is 12.1 Å². The number of aliphatic hydroxyl groups excluding tert-OH is 2. The zero-order valence-corrected chi connectivity index (χ0v) is 20.9. The number of nitrogens with zero attached hydrogens (tertiary/aromatic N) is 1. The molecule has 0 spiro atoms. The standard InChI is InChI=1S/C20H27NO7S.K/c22-13-17(15-27-19-7-3-1-4-8-19)21(11-12-29(24,25)26)18(14-23)16-28-20-9-5-2-6-10-20;/h1-10,17-18,22-23H,11-16H2,(H,24,25,26);/q;+1/p-1. The quantitative estimate of drug-likeness (QED) is 0.252. The summed E-state index contributed by atoms with van der Waals surface area (Å²) in [6.45, 7) is -0.789. The average molecular weight is 464 g/mol. The molecule has 0 fully saturated rings. The number of ether oxygens (including phenoxy) is 2. The van der Waals surface area contributed by atoms with E-state index < -0.39 is 28.0 Å². The van der Waals surface area contributed by atoms with Crippen LogP contribution in [0.5, 0.6) is 11.5 Å². The van der Waals surface area contributed by atoms with Crippen LogP contribution in [-0.4, -0.2) is 78.9 Å². The van der Waals surface area contributed by atoms with Gasteiger partial charge >= 0.3 is 51.4 Å². The summed E-state index contributed by atoms with van der Waals surface area (Å²) >= 11 is 0. The number of para-hydroxylation sites is 2. The van der Waals surface area contributed by atoms with Gasteiger partial charge in [-0.25, -0.2) is 8.42 Å². The fraction of sp³-hybridized carbons (Fsp3) is 0.400. The van der Waals surface area contributed by atoms with Crippen LogP contribution in [0.1, 0.15) is 0 Å². The summed E-state index contributed by atoms with van der Waals surface area (Å²) in [6, 6.07) is 16.6. The molecule has 0 aliphatic carbocycles. The second kappa shape index (κ2) is 14.5. The van der Waals surface area contributed by atoms with Gasteiger partial charge in [0.2, 0.25) is 0 Å². The van der Waals surface area contributed by atoms with Crippen molar-refractivity contribution in [3.05, 3.63) is 60.7 Å². The first kappa shape index (κ1) is 27.5. The predicted molar refractivity (Wildman–Crippen MR) is 107 cm³/mol. The molecule has 2 aromatic carbocycles. The van der Waals surface area contributed by atoms with Crippen molar-refractivity contribution in [2.24, 2.45) is 0 Å². The van der Waals surface area contributed by atoms with Gasteiger partial charge in [0.15, 0.2) is 0 Å². The molecule has 0 aromatic heterocycles. The van der Waals surface area contributed by atoms with E-state index in [1.54, 1.807) is 53.4 Å². The van der Waals surface area contributed by atoms with E-state index in [4.69, 9.17) is 9.47 Å². The van der Waals surface area contributed by atoms with Crippen LogP contribution in [0.3, 0.4) is 0 Å². The second-order valence-corrected chi connectivity index (χ2v) is 7.94. The van der Waals surface area contributed by atoms with Crippen molar-refractivity contribution in [2.45, 2.75) is 12.1 Å². The van der Waals surface area contributed by atoms with Gasteiger partial charge in [0.25, 0.3) is 0 Å². The van der Waals surface area contributed by atoms with E-state index in [2.05, 4.69) is 0 Å². The van der Waals surface area contributed by atoms with E-state index in [1.165, 1.54) is 0 Å². The number of rotatable bonds is 13. The van der Waals surface area contributed by atoms with Gasteiger partial charge in [0.05, 0.1) is 41.2 Å². The molecule has 0 heterocycles. The summed E-state index contributed by atoms with van der Waals surface area (Å²) in [7, 11) is -4.47. The van der Waals surface area contributed by atoms with Crippen LogP contribution >= 0.6 is 0 Å². The molecule has 0 radical (unpaired) electrons. The molecule has 2 aromatic rings. The molecule has 30 heavy (non-hydrogen) atoms. The first-order valence-corrected chi connectivity index (χ1v) is 10.8. The molecule has 0 saturated heterocycles. The van der Waals surface area contributed by atoms with E-state index in [0.29, 0.717) is 11.5 Å². The molecule has 0 aliphatic rings. The molecule has 10 heteroatoms. The van der Waals surface area contributed by atoms with Crippen LogP contribution in [0.15, 0.2) is 60.7 Å². The van der Waals surface area contributed by atoms with Crippen LogP contribution < -0.4 is 60.9 Å². The Kier molecular flexibility index (Phi) is 13.3. The summed E-state index contributed by atoms with van der Waals surface area (Å²) in [5, 5.41) is 19.7. The van der Waals surface area contributed by atoms with Crippen LogP contribution in [0.4, 0.5) is 0 Å². The molecule has 2 N–H and O–H groups in total. The van der Waals surface area contributed by atoms with E-state index in [-0.39, 0.29) is 84.4 Å². The van der Waals surface area contributed by atoms with Gasteiger partial charge in [-0.2, -0.15) is 0 Å². The topological polar surface area (TPSA) is 119 Å². The average Bonchev–Trinajstić information content (AvgIpc) is 2.72. The predicted octanol–water partition coefficient (Wildman–Crippen LogP) is -2.28. The van der Waals surface area contributed by atoms with Gasteiger partial charge in [-0.1, -0.05) is 36.4 Å². The van der Waals surface area contributed by atoms with Crippen LogP contribution in [0.25, 0.3) is 0 Å². The Bertz CT molecular complexity index is 757. The van der Waals surface area contributed by atoms with Crippen molar-refractivity contribution in [1.29, 1.82) is 0 Å². The third-order valence-electron chi connectivity index (χ3n) is 4.33. The van der Waals surface area contributed by atoms with Crippen LogP contribution in [-0.2, 0) is 10.1 Å². The van der Waals surface area contributed by atoms with Gasteiger partial charge in [0, 0.05) is 6.54 Å². The minimum atomic E-state index is -4.47. The fourth-order valence-corrected chi connectivity index (χ4v) is 3.24. The Labute approximate surface area is 220 Å². The summed E-state index contributed by atoms with van der Waals surface area (Å²) in [4.78, 5) is 1.54. The van der Waals surface area contributed by atoms with Crippen molar-refractivity contribution >= 4 is 10.1 Å². The maximum atomic E-state index is 11.1. The summed E-state index contributed by atoms with van der Waals surface area (Å²) in [6.07, 6.45) is 0. The van der Waals surface area contributed by atoms with Gasteiger partial charge in [-0.3, -0.25) is 4.90 Å². The molecule has 0 saturated carbocycles. The Morgan fingerprint density at radius 2 is 1.23 bits per heavy atom. The Balaban J connectivity index is 0.00000450. The van der Waals surface area contributed by atoms with Crippen LogP contribution in [0.2, 0.25) is 0 Å². The zero-order chi connectivity index (χ0) is 21.1. The third kappa shape index (κ3) is 10.2. The summed E-state index contributed by atoms with van der Waals surface area (Å²) in [5.41, 5.74) is 0. The molecule has 0 amide bonds. The van der Waals surface area contributed by atoms with E-state index in [0.717, 1.165) is 0 Å². The van der Waals surface area contributed by atoms with Crippen molar-refractivity contribution in [3.63, 3.8) is 0 Å². The normalized spacial score (nSPS) is 13.3. The van der Waals surface area contributed by atoms with Gasteiger partial charge in [0.1, 0.15) is 24.7 Å². The molecule has 0 aliphatic heterocycles. The summed E-state index contributed by atoms with van der Waals surface area (Å²) < 4.78 is 44.8.